The van der Waals surface area contributed by atoms with E-state index in [-0.39, 0.29) is 12.1 Å². The van der Waals surface area contributed by atoms with Crippen LogP contribution in [0, 0.1) is 6.92 Å². The summed E-state index contributed by atoms with van der Waals surface area (Å²) in [6.45, 7) is 4.50. The number of rotatable bonds is 3. The summed E-state index contributed by atoms with van der Waals surface area (Å²) in [5.74, 6) is 0.959. The second-order valence-electron chi connectivity index (χ2n) is 6.51. The lowest BCUT2D eigenvalue weighted by Crippen LogP contribution is -2.37. The monoisotopic (exact) mass is 337 g/mol. The number of aryl methyl sites for hydroxylation is 2. The predicted octanol–water partition coefficient (Wildman–Crippen LogP) is 3.49. The number of hydrogen-bond acceptors (Lipinski definition) is 4. The minimum atomic E-state index is -0.669. The molecule has 2 aromatic carbocycles. The molecule has 25 heavy (non-hydrogen) atoms. The first-order valence-corrected chi connectivity index (χ1v) is 8.69. The molecule has 3 aromatic rings. The van der Waals surface area contributed by atoms with Crippen LogP contribution in [0.4, 0.5) is 5.69 Å². The number of benzene rings is 2. The van der Waals surface area contributed by atoms with Crippen molar-refractivity contribution in [1.82, 2.24) is 9.55 Å². The third kappa shape index (κ3) is 2.51. The van der Waals surface area contributed by atoms with Gasteiger partial charge in [-0.15, -0.1) is 0 Å². The van der Waals surface area contributed by atoms with Gasteiger partial charge in [0.1, 0.15) is 23.5 Å². The Balaban J connectivity index is 1.90. The fraction of sp³-hybridized carbons (Fsp3) is 0.350. The van der Waals surface area contributed by atoms with Gasteiger partial charge in [-0.3, -0.25) is 0 Å². The topological polar surface area (TPSA) is 59.3 Å². The summed E-state index contributed by atoms with van der Waals surface area (Å²) in [6.07, 6.45) is -1.05. The van der Waals surface area contributed by atoms with E-state index in [2.05, 4.69) is 16.0 Å². The minimum absolute atomic E-state index is 0.238. The second kappa shape index (κ2) is 6.17. The molecular weight excluding hydrogens is 314 g/mol. The predicted molar refractivity (Wildman–Crippen MR) is 98.6 cm³/mol. The number of aliphatic hydroxyl groups excluding tert-OH is 1. The highest BCUT2D eigenvalue weighted by Gasteiger charge is 2.38. The average molecular weight is 337 g/mol. The van der Waals surface area contributed by atoms with E-state index < -0.39 is 6.10 Å². The Morgan fingerprint density at radius 3 is 2.68 bits per heavy atom. The fourth-order valence-corrected chi connectivity index (χ4v) is 3.69. The maximum atomic E-state index is 11.0. The molecule has 0 bridgehead atoms. The van der Waals surface area contributed by atoms with Crippen molar-refractivity contribution in [1.29, 1.82) is 0 Å². The van der Waals surface area contributed by atoms with Crippen LogP contribution in [-0.2, 0) is 11.8 Å². The van der Waals surface area contributed by atoms with Crippen LogP contribution in [0.5, 0.6) is 0 Å². The van der Waals surface area contributed by atoms with E-state index >= 15 is 0 Å². The van der Waals surface area contributed by atoms with Crippen LogP contribution in [0.1, 0.15) is 36.0 Å². The van der Waals surface area contributed by atoms with Gasteiger partial charge in [0, 0.05) is 19.2 Å². The van der Waals surface area contributed by atoms with Crippen LogP contribution >= 0.6 is 0 Å². The van der Waals surface area contributed by atoms with E-state index in [0.29, 0.717) is 6.61 Å². The molecule has 1 aliphatic heterocycles. The molecule has 5 heteroatoms. The van der Waals surface area contributed by atoms with Gasteiger partial charge in [-0.2, -0.15) is 0 Å². The van der Waals surface area contributed by atoms with E-state index in [4.69, 9.17) is 9.72 Å². The first-order valence-electron chi connectivity index (χ1n) is 8.69. The molecule has 5 nitrogen and oxygen atoms in total. The van der Waals surface area contributed by atoms with Crippen molar-refractivity contribution >= 4 is 16.7 Å². The van der Waals surface area contributed by atoms with Crippen molar-refractivity contribution in [3.63, 3.8) is 0 Å². The number of ether oxygens (including phenoxy) is 1. The normalized spacial score (nSPS) is 22.6. The molecule has 0 saturated heterocycles. The zero-order chi connectivity index (χ0) is 17.6. The van der Waals surface area contributed by atoms with Crippen molar-refractivity contribution in [2.45, 2.75) is 32.1 Å². The average Bonchev–Trinajstić information content (AvgIpc) is 2.92. The number of nitrogens with one attached hydrogen (secondary N) is 1. The standard InChI is InChI=1S/C20H23N3O2/c1-4-25-20-14-10-11-15-18(21-12(2)23(15)3)17(14)22-16(19(20)24)13-8-6-5-7-9-13/h5-11,16,19-20,22,24H,4H2,1-3H3/t16-,19-,20-/m1/s1. The Morgan fingerprint density at radius 1 is 1.20 bits per heavy atom. The van der Waals surface area contributed by atoms with Crippen LogP contribution < -0.4 is 5.32 Å². The Kier molecular flexibility index (Phi) is 3.98. The molecule has 1 aliphatic rings. The van der Waals surface area contributed by atoms with E-state index in [1.165, 1.54) is 0 Å². The smallest absolute Gasteiger partial charge is 0.113 e. The van der Waals surface area contributed by atoms with Gasteiger partial charge in [0.15, 0.2) is 0 Å². The summed E-state index contributed by atoms with van der Waals surface area (Å²) in [5, 5.41) is 14.5. The molecule has 4 rings (SSSR count). The Morgan fingerprint density at radius 2 is 1.96 bits per heavy atom. The molecule has 2 heterocycles. The highest BCUT2D eigenvalue weighted by Crippen LogP contribution is 2.44. The van der Waals surface area contributed by atoms with Gasteiger partial charge >= 0.3 is 0 Å². The number of fused-ring (bicyclic) bond motifs is 3. The summed E-state index contributed by atoms with van der Waals surface area (Å²) in [5.41, 5.74) is 4.96. The third-order valence-electron chi connectivity index (χ3n) is 5.07. The quantitative estimate of drug-likeness (QED) is 0.768. The summed E-state index contributed by atoms with van der Waals surface area (Å²) in [7, 11) is 2.02. The van der Waals surface area contributed by atoms with Gasteiger partial charge in [0.05, 0.1) is 17.2 Å². The number of aromatic nitrogens is 2. The molecule has 2 N–H and O–H groups in total. The second-order valence-corrected chi connectivity index (χ2v) is 6.51. The highest BCUT2D eigenvalue weighted by molar-refractivity contribution is 5.92. The van der Waals surface area contributed by atoms with Gasteiger partial charge in [-0.25, -0.2) is 4.98 Å². The van der Waals surface area contributed by atoms with Crippen LogP contribution in [0.3, 0.4) is 0 Å². The van der Waals surface area contributed by atoms with Gasteiger partial charge in [0.2, 0.25) is 0 Å². The largest absolute Gasteiger partial charge is 0.388 e. The van der Waals surface area contributed by atoms with E-state index in [1.54, 1.807) is 0 Å². The van der Waals surface area contributed by atoms with E-state index in [0.717, 1.165) is 33.7 Å². The van der Waals surface area contributed by atoms with Crippen LogP contribution in [-0.4, -0.2) is 27.4 Å². The summed E-state index contributed by atoms with van der Waals surface area (Å²) in [4.78, 5) is 4.74. The Labute approximate surface area is 147 Å². The van der Waals surface area contributed by atoms with Gasteiger partial charge in [0.25, 0.3) is 0 Å². The zero-order valence-corrected chi connectivity index (χ0v) is 14.7. The van der Waals surface area contributed by atoms with Crippen molar-refractivity contribution in [3.05, 3.63) is 59.4 Å². The molecule has 130 valence electrons. The molecule has 0 unspecified atom stereocenters. The molecule has 0 aliphatic carbocycles. The van der Waals surface area contributed by atoms with E-state index in [9.17, 15) is 5.11 Å². The molecule has 3 atom stereocenters. The van der Waals surface area contributed by atoms with Crippen LogP contribution in [0.15, 0.2) is 42.5 Å². The van der Waals surface area contributed by atoms with Crippen LogP contribution in [0.25, 0.3) is 11.0 Å². The molecule has 1 aromatic heterocycles. The zero-order valence-electron chi connectivity index (χ0n) is 14.7. The van der Waals surface area contributed by atoms with E-state index in [1.807, 2.05) is 57.3 Å². The van der Waals surface area contributed by atoms with Crippen molar-refractivity contribution in [3.8, 4) is 0 Å². The Bertz CT molecular complexity index is 904. The summed E-state index contributed by atoms with van der Waals surface area (Å²) >= 11 is 0. The molecule has 0 saturated carbocycles. The molecule has 0 amide bonds. The minimum Gasteiger partial charge on any atom is -0.388 e. The Hall–Kier alpha value is -2.37. The maximum absolute atomic E-state index is 11.0. The molecule has 0 radical (unpaired) electrons. The molecule has 0 fully saturated rings. The van der Waals surface area contributed by atoms with Gasteiger partial charge < -0.3 is 19.7 Å². The first kappa shape index (κ1) is 16.1. The number of hydrogen-bond donors (Lipinski definition) is 2. The number of aliphatic hydroxyl groups is 1. The summed E-state index contributed by atoms with van der Waals surface area (Å²) < 4.78 is 8.01. The lowest BCUT2D eigenvalue weighted by atomic mass is 9.88. The summed E-state index contributed by atoms with van der Waals surface area (Å²) in [6, 6.07) is 13.9. The number of anilines is 1. The van der Waals surface area contributed by atoms with Gasteiger partial charge in [-0.1, -0.05) is 36.4 Å². The first-order chi connectivity index (χ1) is 12.1. The number of nitrogens with zero attached hydrogens (tertiary/aromatic N) is 2. The lowest BCUT2D eigenvalue weighted by molar-refractivity contribution is -0.0461. The maximum Gasteiger partial charge on any atom is 0.113 e. The van der Waals surface area contributed by atoms with Gasteiger partial charge in [-0.05, 0) is 25.5 Å². The van der Waals surface area contributed by atoms with Crippen molar-refractivity contribution in [2.75, 3.05) is 11.9 Å². The SMILES string of the molecule is CCO[C@@H]1c2ccc3c(nc(C)n3C)c2N[C@H](c2ccccc2)[C@H]1O. The van der Waals surface area contributed by atoms with Crippen molar-refractivity contribution in [2.24, 2.45) is 7.05 Å². The number of imidazole rings is 1. The fourth-order valence-electron chi connectivity index (χ4n) is 3.69. The lowest BCUT2D eigenvalue weighted by Gasteiger charge is -2.37. The van der Waals surface area contributed by atoms with Crippen molar-refractivity contribution < 1.29 is 9.84 Å². The van der Waals surface area contributed by atoms with Crippen LogP contribution in [0.2, 0.25) is 0 Å². The third-order valence-corrected chi connectivity index (χ3v) is 5.07. The highest BCUT2D eigenvalue weighted by atomic mass is 16.5. The molecule has 0 spiro atoms. The molecular formula is C20H23N3O2.